The number of rotatable bonds is 4. The minimum absolute atomic E-state index is 0.0599. The number of aromatic nitrogens is 2. The smallest absolute Gasteiger partial charge is 0.237 e. The standard InChI is InChI=1S/C25H32N6O2/c1-17(32)31-11-5-8-22(31)25-27-21-15-30(13-10-20(21)24(26-2)28-25)23(33)16-29-12-9-18-6-3-4-7-19(18)14-29/h3-4,6-7,22H,5,8-16H2,1-2H3,(H,26,27,28)/t22-/m1/s1. The van der Waals surface area contributed by atoms with Crippen LogP contribution in [-0.4, -0.2) is 69.7 Å². The lowest BCUT2D eigenvalue weighted by atomic mass is 10.00. The van der Waals surface area contributed by atoms with E-state index in [1.165, 1.54) is 11.1 Å². The lowest BCUT2D eigenvalue weighted by Gasteiger charge is -2.33. The molecule has 2 amide bonds. The molecule has 1 aromatic carbocycles. The third-order valence-electron chi connectivity index (χ3n) is 7.20. The van der Waals surface area contributed by atoms with Crippen molar-refractivity contribution in [3.05, 3.63) is 52.5 Å². The first-order valence-electron chi connectivity index (χ1n) is 11.9. The molecule has 5 rings (SSSR count). The molecule has 33 heavy (non-hydrogen) atoms. The van der Waals surface area contributed by atoms with Crippen LogP contribution in [0.15, 0.2) is 24.3 Å². The molecule has 1 N–H and O–H groups in total. The molecule has 0 radical (unpaired) electrons. The summed E-state index contributed by atoms with van der Waals surface area (Å²) in [6, 6.07) is 8.42. The van der Waals surface area contributed by atoms with Gasteiger partial charge in [0, 0.05) is 45.7 Å². The summed E-state index contributed by atoms with van der Waals surface area (Å²) >= 11 is 0. The summed E-state index contributed by atoms with van der Waals surface area (Å²) in [5.41, 5.74) is 4.71. The van der Waals surface area contributed by atoms with Crippen LogP contribution in [0.4, 0.5) is 5.82 Å². The molecule has 1 aromatic heterocycles. The monoisotopic (exact) mass is 448 g/mol. The Balaban J connectivity index is 1.31. The Morgan fingerprint density at radius 2 is 1.88 bits per heavy atom. The first kappa shape index (κ1) is 21.8. The van der Waals surface area contributed by atoms with Gasteiger partial charge in [0.25, 0.3) is 0 Å². The van der Waals surface area contributed by atoms with Crippen LogP contribution in [0.3, 0.4) is 0 Å². The molecule has 1 fully saturated rings. The number of likely N-dealkylation sites (tertiary alicyclic amines) is 1. The predicted octanol–water partition coefficient (Wildman–Crippen LogP) is 2.14. The lowest BCUT2D eigenvalue weighted by molar-refractivity contribution is -0.133. The Labute approximate surface area is 195 Å². The molecule has 8 heteroatoms. The average molecular weight is 449 g/mol. The largest absolute Gasteiger partial charge is 0.373 e. The number of hydrogen-bond donors (Lipinski definition) is 1. The Bertz CT molecular complexity index is 1070. The van der Waals surface area contributed by atoms with Crippen LogP contribution in [0, 0.1) is 0 Å². The maximum Gasteiger partial charge on any atom is 0.237 e. The summed E-state index contributed by atoms with van der Waals surface area (Å²) in [4.78, 5) is 41.0. The van der Waals surface area contributed by atoms with E-state index >= 15 is 0 Å². The zero-order valence-corrected chi connectivity index (χ0v) is 19.5. The maximum atomic E-state index is 13.2. The van der Waals surface area contributed by atoms with E-state index in [0.717, 1.165) is 62.4 Å². The highest BCUT2D eigenvalue weighted by Gasteiger charge is 2.33. The third-order valence-corrected chi connectivity index (χ3v) is 7.20. The van der Waals surface area contributed by atoms with Crippen molar-refractivity contribution in [1.82, 2.24) is 24.7 Å². The molecule has 0 unspecified atom stereocenters. The quantitative estimate of drug-likeness (QED) is 0.772. The Kier molecular flexibility index (Phi) is 6.01. The number of nitrogens with one attached hydrogen (secondary N) is 1. The second-order valence-electron chi connectivity index (χ2n) is 9.27. The number of carbonyl (C=O) groups excluding carboxylic acids is 2. The molecule has 0 aliphatic carbocycles. The second-order valence-corrected chi connectivity index (χ2v) is 9.27. The van der Waals surface area contributed by atoms with Crippen molar-refractivity contribution in [2.24, 2.45) is 0 Å². The Morgan fingerprint density at radius 3 is 2.67 bits per heavy atom. The van der Waals surface area contributed by atoms with Crippen LogP contribution in [0.2, 0.25) is 0 Å². The topological polar surface area (TPSA) is 81.7 Å². The highest BCUT2D eigenvalue weighted by molar-refractivity contribution is 5.78. The van der Waals surface area contributed by atoms with E-state index in [-0.39, 0.29) is 17.9 Å². The molecule has 3 aliphatic heterocycles. The van der Waals surface area contributed by atoms with Crippen molar-refractivity contribution >= 4 is 17.6 Å². The van der Waals surface area contributed by atoms with E-state index < -0.39 is 0 Å². The zero-order valence-electron chi connectivity index (χ0n) is 19.5. The van der Waals surface area contributed by atoms with Crippen molar-refractivity contribution in [1.29, 1.82) is 0 Å². The highest BCUT2D eigenvalue weighted by Crippen LogP contribution is 2.33. The van der Waals surface area contributed by atoms with Crippen LogP contribution in [0.5, 0.6) is 0 Å². The van der Waals surface area contributed by atoms with Crippen LogP contribution < -0.4 is 5.32 Å². The lowest BCUT2D eigenvalue weighted by Crippen LogP contribution is -2.44. The summed E-state index contributed by atoms with van der Waals surface area (Å²) in [5.74, 6) is 1.72. The number of anilines is 1. The molecule has 1 saturated heterocycles. The van der Waals surface area contributed by atoms with Crippen molar-refractivity contribution in [3.8, 4) is 0 Å². The normalized spacial score (nSPS) is 20.4. The van der Waals surface area contributed by atoms with Crippen LogP contribution >= 0.6 is 0 Å². The first-order chi connectivity index (χ1) is 16.0. The fourth-order valence-electron chi connectivity index (χ4n) is 5.41. The Hall–Kier alpha value is -3.00. The summed E-state index contributed by atoms with van der Waals surface area (Å²) in [6.45, 7) is 5.69. The minimum Gasteiger partial charge on any atom is -0.373 e. The average Bonchev–Trinajstić information content (AvgIpc) is 3.33. The summed E-state index contributed by atoms with van der Waals surface area (Å²) in [7, 11) is 1.87. The van der Waals surface area contributed by atoms with Gasteiger partial charge in [-0.25, -0.2) is 9.97 Å². The number of carbonyl (C=O) groups is 2. The van der Waals surface area contributed by atoms with E-state index in [0.29, 0.717) is 25.5 Å². The molecule has 8 nitrogen and oxygen atoms in total. The molecular weight excluding hydrogens is 416 g/mol. The van der Waals surface area contributed by atoms with E-state index in [1.807, 2.05) is 16.8 Å². The molecule has 2 aromatic rings. The van der Waals surface area contributed by atoms with Crippen molar-refractivity contribution < 1.29 is 9.59 Å². The van der Waals surface area contributed by atoms with E-state index in [1.54, 1.807) is 6.92 Å². The molecule has 1 atom stereocenters. The second kappa shape index (κ2) is 9.09. The van der Waals surface area contributed by atoms with Gasteiger partial charge in [0.1, 0.15) is 5.82 Å². The van der Waals surface area contributed by atoms with Gasteiger partial charge >= 0.3 is 0 Å². The molecule has 174 valence electrons. The first-order valence-corrected chi connectivity index (χ1v) is 11.9. The van der Waals surface area contributed by atoms with Crippen molar-refractivity contribution in [3.63, 3.8) is 0 Å². The summed E-state index contributed by atoms with van der Waals surface area (Å²) < 4.78 is 0. The number of fused-ring (bicyclic) bond motifs is 2. The van der Waals surface area contributed by atoms with E-state index in [4.69, 9.17) is 9.97 Å². The number of hydrogen-bond acceptors (Lipinski definition) is 6. The third kappa shape index (κ3) is 4.31. The van der Waals surface area contributed by atoms with E-state index in [2.05, 4.69) is 34.5 Å². The summed E-state index contributed by atoms with van der Waals surface area (Å²) in [5, 5.41) is 3.22. The zero-order chi connectivity index (χ0) is 22.9. The van der Waals surface area contributed by atoms with Gasteiger partial charge in [0.15, 0.2) is 5.82 Å². The molecule has 3 aliphatic rings. The van der Waals surface area contributed by atoms with Crippen molar-refractivity contribution in [2.45, 2.75) is 51.7 Å². The molecule has 0 spiro atoms. The van der Waals surface area contributed by atoms with Gasteiger partial charge in [-0.3, -0.25) is 14.5 Å². The fraction of sp³-hybridized carbons (Fsp3) is 0.520. The fourth-order valence-corrected chi connectivity index (χ4v) is 5.41. The van der Waals surface area contributed by atoms with Crippen LogP contribution in [0.1, 0.15) is 54.0 Å². The van der Waals surface area contributed by atoms with Gasteiger partial charge in [-0.05, 0) is 36.8 Å². The van der Waals surface area contributed by atoms with Gasteiger partial charge in [-0.2, -0.15) is 0 Å². The van der Waals surface area contributed by atoms with Gasteiger partial charge in [-0.1, -0.05) is 24.3 Å². The molecular formula is C25H32N6O2. The van der Waals surface area contributed by atoms with Gasteiger partial charge in [0.2, 0.25) is 11.8 Å². The minimum atomic E-state index is -0.0839. The molecule has 4 heterocycles. The molecule has 0 saturated carbocycles. The summed E-state index contributed by atoms with van der Waals surface area (Å²) in [6.07, 6.45) is 3.56. The number of benzene rings is 1. The van der Waals surface area contributed by atoms with Gasteiger partial charge in [0.05, 0.1) is 24.8 Å². The predicted molar refractivity (Wildman–Crippen MR) is 125 cm³/mol. The van der Waals surface area contributed by atoms with Crippen LogP contribution in [0.25, 0.3) is 0 Å². The van der Waals surface area contributed by atoms with Crippen molar-refractivity contribution in [2.75, 3.05) is 38.5 Å². The number of amides is 2. The van der Waals surface area contributed by atoms with E-state index in [9.17, 15) is 9.59 Å². The number of nitrogens with zero attached hydrogens (tertiary/aromatic N) is 5. The SMILES string of the molecule is CNc1nc([C@H]2CCCN2C(C)=O)nc2c1CCN(C(=O)CN1CCc3ccccc3C1)C2. The van der Waals surface area contributed by atoms with Gasteiger partial charge < -0.3 is 15.1 Å². The highest BCUT2D eigenvalue weighted by atomic mass is 16.2. The van der Waals surface area contributed by atoms with Gasteiger partial charge in [-0.15, -0.1) is 0 Å². The maximum absolute atomic E-state index is 13.2. The van der Waals surface area contributed by atoms with Crippen LogP contribution in [-0.2, 0) is 35.5 Å². The molecule has 0 bridgehead atoms. The Morgan fingerprint density at radius 1 is 1.06 bits per heavy atom.